The summed E-state index contributed by atoms with van der Waals surface area (Å²) in [5.74, 6) is 1.10. The lowest BCUT2D eigenvalue weighted by Crippen LogP contribution is -2.19. The number of rotatable bonds is 6. The van der Waals surface area contributed by atoms with Crippen LogP contribution < -0.4 is 10.6 Å². The fourth-order valence-electron chi connectivity index (χ4n) is 3.01. The van der Waals surface area contributed by atoms with Crippen molar-refractivity contribution in [2.24, 2.45) is 7.05 Å². The van der Waals surface area contributed by atoms with Crippen molar-refractivity contribution in [1.29, 1.82) is 0 Å². The first-order valence-electron chi connectivity index (χ1n) is 8.91. The molecule has 1 aromatic carbocycles. The van der Waals surface area contributed by atoms with E-state index in [1.807, 2.05) is 43.7 Å². The van der Waals surface area contributed by atoms with Crippen molar-refractivity contribution >= 4 is 29.1 Å². The van der Waals surface area contributed by atoms with E-state index < -0.39 is 0 Å². The zero-order valence-electron chi connectivity index (χ0n) is 15.0. The van der Waals surface area contributed by atoms with Gasteiger partial charge in [-0.1, -0.05) is 23.7 Å². The highest BCUT2D eigenvalue weighted by Crippen LogP contribution is 2.24. The first kappa shape index (κ1) is 17.8. The first-order valence-corrected chi connectivity index (χ1v) is 9.29. The third-order valence-corrected chi connectivity index (χ3v) is 4.72. The summed E-state index contributed by atoms with van der Waals surface area (Å²) in [7, 11) is 1.90. The number of anilines is 3. The maximum absolute atomic E-state index is 6.21. The van der Waals surface area contributed by atoms with Crippen LogP contribution in [0.5, 0.6) is 0 Å². The number of nitrogens with zero attached hydrogens (tertiary/aromatic N) is 4. The number of aryl methyl sites for hydroxylation is 1. The fourth-order valence-corrected chi connectivity index (χ4v) is 3.17. The second kappa shape index (κ2) is 7.94. The summed E-state index contributed by atoms with van der Waals surface area (Å²) in [6.45, 7) is 1.52. The van der Waals surface area contributed by atoms with Gasteiger partial charge in [-0.2, -0.15) is 10.1 Å². The molecule has 2 aromatic heterocycles. The molecule has 1 aliphatic heterocycles. The van der Waals surface area contributed by atoms with Gasteiger partial charge in [-0.3, -0.25) is 4.68 Å². The number of hydrogen-bond acceptors (Lipinski definition) is 6. The molecule has 4 rings (SSSR count). The van der Waals surface area contributed by atoms with Gasteiger partial charge in [0.1, 0.15) is 5.02 Å². The number of nitrogens with one attached hydrogen (secondary N) is 2. The Bertz CT molecular complexity index is 905. The van der Waals surface area contributed by atoms with Crippen molar-refractivity contribution in [3.8, 4) is 11.1 Å². The van der Waals surface area contributed by atoms with Crippen LogP contribution in [-0.2, 0) is 11.8 Å². The fraction of sp³-hybridized carbons (Fsp3) is 0.316. The van der Waals surface area contributed by atoms with E-state index in [-0.39, 0.29) is 6.10 Å². The Labute approximate surface area is 162 Å². The van der Waals surface area contributed by atoms with Gasteiger partial charge >= 0.3 is 0 Å². The maximum atomic E-state index is 6.21. The van der Waals surface area contributed by atoms with Crippen LogP contribution in [0.1, 0.15) is 12.8 Å². The summed E-state index contributed by atoms with van der Waals surface area (Å²) >= 11 is 6.21. The summed E-state index contributed by atoms with van der Waals surface area (Å²) < 4.78 is 7.40. The summed E-state index contributed by atoms with van der Waals surface area (Å²) in [4.78, 5) is 8.74. The Hall–Kier alpha value is -2.64. The van der Waals surface area contributed by atoms with Crippen LogP contribution in [0.15, 0.2) is 42.9 Å². The lowest BCUT2D eigenvalue weighted by atomic mass is 10.1. The van der Waals surface area contributed by atoms with Crippen LogP contribution in [0.2, 0.25) is 5.02 Å². The summed E-state index contributed by atoms with van der Waals surface area (Å²) in [5, 5.41) is 11.2. The average molecular weight is 385 g/mol. The van der Waals surface area contributed by atoms with Crippen molar-refractivity contribution in [3.05, 3.63) is 47.9 Å². The molecular formula is C19H21ClN6O. The van der Waals surface area contributed by atoms with Crippen LogP contribution in [0.25, 0.3) is 11.1 Å². The highest BCUT2D eigenvalue weighted by atomic mass is 35.5. The van der Waals surface area contributed by atoms with E-state index in [4.69, 9.17) is 16.3 Å². The predicted octanol–water partition coefficient (Wildman–Crippen LogP) is 3.87. The molecule has 0 unspecified atom stereocenters. The SMILES string of the molecule is Cn1cc(-c2ccc(Nc3ncc(Cl)c(NC[C@H]4CCCO4)n3)cc2)cn1. The van der Waals surface area contributed by atoms with Gasteiger partial charge in [0, 0.05) is 37.6 Å². The van der Waals surface area contributed by atoms with E-state index in [1.54, 1.807) is 10.9 Å². The number of hydrogen-bond donors (Lipinski definition) is 2. The van der Waals surface area contributed by atoms with E-state index in [0.29, 0.717) is 23.3 Å². The van der Waals surface area contributed by atoms with Gasteiger partial charge in [0.05, 0.1) is 18.5 Å². The molecule has 1 fully saturated rings. The average Bonchev–Trinajstić information content (AvgIpc) is 3.34. The zero-order valence-corrected chi connectivity index (χ0v) is 15.8. The number of ether oxygens (including phenoxy) is 1. The number of benzene rings is 1. The van der Waals surface area contributed by atoms with Gasteiger partial charge in [0.25, 0.3) is 0 Å². The Morgan fingerprint density at radius 2 is 2.07 bits per heavy atom. The Morgan fingerprint density at radius 1 is 1.22 bits per heavy atom. The van der Waals surface area contributed by atoms with Crippen LogP contribution >= 0.6 is 11.6 Å². The topological polar surface area (TPSA) is 76.9 Å². The summed E-state index contributed by atoms with van der Waals surface area (Å²) in [6.07, 6.45) is 7.80. The lowest BCUT2D eigenvalue weighted by Gasteiger charge is -2.13. The molecule has 8 heteroatoms. The van der Waals surface area contributed by atoms with Crippen LogP contribution in [0.4, 0.5) is 17.5 Å². The molecule has 140 valence electrons. The monoisotopic (exact) mass is 384 g/mol. The normalized spacial score (nSPS) is 16.4. The minimum Gasteiger partial charge on any atom is -0.376 e. The van der Waals surface area contributed by atoms with E-state index in [1.165, 1.54) is 0 Å². The standard InChI is InChI=1S/C19H21ClN6O/c1-26-12-14(9-23-26)13-4-6-15(7-5-13)24-19-22-11-17(20)18(25-19)21-10-16-3-2-8-27-16/h4-7,9,11-12,16H,2-3,8,10H2,1H3,(H2,21,22,24,25)/t16-/m1/s1. The quantitative estimate of drug-likeness (QED) is 0.672. The molecule has 0 amide bonds. The molecule has 2 N–H and O–H groups in total. The highest BCUT2D eigenvalue weighted by molar-refractivity contribution is 6.32. The van der Waals surface area contributed by atoms with Gasteiger partial charge in [-0.25, -0.2) is 4.98 Å². The minimum absolute atomic E-state index is 0.215. The van der Waals surface area contributed by atoms with Crippen LogP contribution in [0, 0.1) is 0 Å². The zero-order chi connectivity index (χ0) is 18.6. The largest absolute Gasteiger partial charge is 0.376 e. The van der Waals surface area contributed by atoms with Crippen LogP contribution in [0.3, 0.4) is 0 Å². The Kier molecular flexibility index (Phi) is 5.22. The molecule has 1 saturated heterocycles. The van der Waals surface area contributed by atoms with E-state index in [9.17, 15) is 0 Å². The Morgan fingerprint density at radius 3 is 2.78 bits per heavy atom. The summed E-state index contributed by atoms with van der Waals surface area (Å²) in [6, 6.07) is 8.04. The first-order chi connectivity index (χ1) is 13.2. The molecule has 27 heavy (non-hydrogen) atoms. The van der Waals surface area contributed by atoms with Gasteiger partial charge in [0.15, 0.2) is 5.82 Å². The van der Waals surface area contributed by atoms with Crippen molar-refractivity contribution in [1.82, 2.24) is 19.7 Å². The van der Waals surface area contributed by atoms with E-state index in [0.717, 1.165) is 36.3 Å². The molecule has 0 saturated carbocycles. The molecule has 0 aliphatic carbocycles. The third-order valence-electron chi connectivity index (χ3n) is 4.44. The molecular weight excluding hydrogens is 364 g/mol. The predicted molar refractivity (Wildman–Crippen MR) is 106 cm³/mol. The molecule has 3 heterocycles. The minimum atomic E-state index is 0.215. The van der Waals surface area contributed by atoms with Crippen molar-refractivity contribution in [3.63, 3.8) is 0 Å². The van der Waals surface area contributed by atoms with E-state index in [2.05, 4.69) is 25.7 Å². The molecule has 0 bridgehead atoms. The molecule has 0 radical (unpaired) electrons. The molecule has 1 atom stereocenters. The molecule has 0 spiro atoms. The second-order valence-electron chi connectivity index (χ2n) is 6.51. The second-order valence-corrected chi connectivity index (χ2v) is 6.92. The third kappa shape index (κ3) is 4.37. The smallest absolute Gasteiger partial charge is 0.229 e. The molecule has 1 aliphatic rings. The summed E-state index contributed by atoms with van der Waals surface area (Å²) in [5.41, 5.74) is 3.08. The maximum Gasteiger partial charge on any atom is 0.229 e. The number of halogens is 1. The van der Waals surface area contributed by atoms with Gasteiger partial charge in [0.2, 0.25) is 5.95 Å². The number of aromatic nitrogens is 4. The molecule has 3 aromatic rings. The molecule has 7 nitrogen and oxygen atoms in total. The van der Waals surface area contributed by atoms with Crippen molar-refractivity contribution in [2.45, 2.75) is 18.9 Å². The van der Waals surface area contributed by atoms with Crippen molar-refractivity contribution < 1.29 is 4.74 Å². The van der Waals surface area contributed by atoms with Gasteiger partial charge < -0.3 is 15.4 Å². The Balaban J connectivity index is 1.43. The van der Waals surface area contributed by atoms with Crippen molar-refractivity contribution in [2.75, 3.05) is 23.8 Å². The van der Waals surface area contributed by atoms with Gasteiger partial charge in [-0.05, 0) is 30.5 Å². The van der Waals surface area contributed by atoms with E-state index >= 15 is 0 Å². The van der Waals surface area contributed by atoms with Crippen LogP contribution in [-0.4, -0.2) is 39.0 Å². The van der Waals surface area contributed by atoms with Gasteiger partial charge in [-0.15, -0.1) is 0 Å². The highest BCUT2D eigenvalue weighted by Gasteiger charge is 2.16. The lowest BCUT2D eigenvalue weighted by molar-refractivity contribution is 0.120.